The summed E-state index contributed by atoms with van der Waals surface area (Å²) in [7, 11) is 0. The van der Waals surface area contributed by atoms with Crippen molar-refractivity contribution in [1.29, 1.82) is 0 Å². The maximum Gasteiger partial charge on any atom is 0.226 e. The van der Waals surface area contributed by atoms with Crippen molar-refractivity contribution in [2.24, 2.45) is 0 Å². The fraction of sp³-hybridized carbons (Fsp3) is 0.154. The molecule has 1 aromatic heterocycles. The second-order valence-electron chi connectivity index (χ2n) is 3.90. The molecule has 0 saturated heterocycles. The summed E-state index contributed by atoms with van der Waals surface area (Å²) in [6.45, 7) is 1.94. The number of aromatic hydroxyl groups is 1. The standard InChI is InChI=1S/C13H13NO3S/c1-8-4-10(2-3-11(8)14)18-7-9-5-12(15)13(16)6-17-9/h2-6,16H,7,14H2,1H3. The number of anilines is 1. The summed E-state index contributed by atoms with van der Waals surface area (Å²) in [6, 6.07) is 7.06. The molecule has 2 aromatic rings. The zero-order valence-corrected chi connectivity index (χ0v) is 10.7. The molecular formula is C13H13NO3S. The molecule has 0 aliphatic heterocycles. The highest BCUT2D eigenvalue weighted by atomic mass is 32.2. The monoisotopic (exact) mass is 263 g/mol. The van der Waals surface area contributed by atoms with Gasteiger partial charge in [0.15, 0.2) is 5.75 Å². The zero-order chi connectivity index (χ0) is 13.1. The molecule has 0 saturated carbocycles. The molecule has 2 rings (SSSR count). The summed E-state index contributed by atoms with van der Waals surface area (Å²) in [5.74, 6) is 0.683. The van der Waals surface area contributed by atoms with Gasteiger partial charge in [-0.25, -0.2) is 0 Å². The van der Waals surface area contributed by atoms with Crippen LogP contribution in [0.5, 0.6) is 5.75 Å². The van der Waals surface area contributed by atoms with Gasteiger partial charge in [0.25, 0.3) is 0 Å². The lowest BCUT2D eigenvalue weighted by molar-refractivity contribution is 0.419. The molecule has 3 N–H and O–H groups in total. The molecule has 0 spiro atoms. The van der Waals surface area contributed by atoms with Gasteiger partial charge in [0.2, 0.25) is 5.43 Å². The lowest BCUT2D eigenvalue weighted by Crippen LogP contribution is -1.99. The summed E-state index contributed by atoms with van der Waals surface area (Å²) in [6.07, 6.45) is 1.06. The lowest BCUT2D eigenvalue weighted by atomic mass is 10.2. The minimum atomic E-state index is -0.426. The summed E-state index contributed by atoms with van der Waals surface area (Å²) < 4.78 is 5.12. The van der Waals surface area contributed by atoms with Crippen molar-refractivity contribution >= 4 is 17.4 Å². The smallest absolute Gasteiger partial charge is 0.226 e. The van der Waals surface area contributed by atoms with E-state index >= 15 is 0 Å². The third-order valence-corrected chi connectivity index (χ3v) is 3.50. The molecule has 1 aromatic carbocycles. The van der Waals surface area contributed by atoms with Crippen molar-refractivity contribution in [1.82, 2.24) is 0 Å². The minimum Gasteiger partial charge on any atom is -0.502 e. The Balaban J connectivity index is 2.09. The first-order valence-corrected chi connectivity index (χ1v) is 6.34. The molecule has 0 bridgehead atoms. The van der Waals surface area contributed by atoms with Crippen molar-refractivity contribution in [3.05, 3.63) is 52.1 Å². The molecule has 0 fully saturated rings. The predicted molar refractivity (Wildman–Crippen MR) is 71.8 cm³/mol. The average Bonchev–Trinajstić information content (AvgIpc) is 2.35. The van der Waals surface area contributed by atoms with Gasteiger partial charge in [-0.3, -0.25) is 4.79 Å². The van der Waals surface area contributed by atoms with E-state index in [0.29, 0.717) is 11.5 Å². The van der Waals surface area contributed by atoms with Gasteiger partial charge in [0.1, 0.15) is 12.0 Å². The highest BCUT2D eigenvalue weighted by Gasteiger charge is 2.03. The Kier molecular flexibility index (Phi) is 3.62. The van der Waals surface area contributed by atoms with Crippen LogP contribution in [0.1, 0.15) is 11.3 Å². The van der Waals surface area contributed by atoms with Crippen LogP contribution in [0, 0.1) is 6.92 Å². The van der Waals surface area contributed by atoms with Crippen molar-refractivity contribution in [2.75, 3.05) is 5.73 Å². The van der Waals surface area contributed by atoms with Crippen molar-refractivity contribution in [2.45, 2.75) is 17.6 Å². The number of nitrogens with two attached hydrogens (primary N) is 1. The average molecular weight is 263 g/mol. The summed E-state index contributed by atoms with van der Waals surface area (Å²) >= 11 is 1.54. The number of rotatable bonds is 3. The van der Waals surface area contributed by atoms with Crippen molar-refractivity contribution < 1.29 is 9.52 Å². The Bertz CT molecular complexity index is 622. The van der Waals surface area contributed by atoms with Crippen LogP contribution in [-0.4, -0.2) is 5.11 Å². The minimum absolute atomic E-state index is 0.368. The molecule has 18 heavy (non-hydrogen) atoms. The molecule has 94 valence electrons. The Morgan fingerprint density at radius 3 is 2.83 bits per heavy atom. The van der Waals surface area contributed by atoms with Gasteiger partial charge in [-0.05, 0) is 30.7 Å². The van der Waals surface area contributed by atoms with Crippen LogP contribution in [-0.2, 0) is 5.75 Å². The van der Waals surface area contributed by atoms with Gasteiger partial charge in [0, 0.05) is 16.6 Å². The van der Waals surface area contributed by atoms with Crippen LogP contribution in [0.15, 0.2) is 44.6 Å². The Hall–Kier alpha value is -1.88. The molecule has 5 heteroatoms. The van der Waals surface area contributed by atoms with Crippen LogP contribution in [0.3, 0.4) is 0 Å². The van der Waals surface area contributed by atoms with Crippen LogP contribution >= 0.6 is 11.8 Å². The second-order valence-corrected chi connectivity index (χ2v) is 4.95. The van der Waals surface area contributed by atoms with Crippen molar-refractivity contribution in [3.63, 3.8) is 0 Å². The molecule has 0 unspecified atom stereocenters. The van der Waals surface area contributed by atoms with Crippen LogP contribution < -0.4 is 11.2 Å². The van der Waals surface area contributed by atoms with Gasteiger partial charge in [-0.1, -0.05) is 0 Å². The van der Waals surface area contributed by atoms with Gasteiger partial charge in [-0.15, -0.1) is 11.8 Å². The quantitative estimate of drug-likeness (QED) is 0.657. The number of hydrogen-bond donors (Lipinski definition) is 2. The lowest BCUT2D eigenvalue weighted by Gasteiger charge is -2.04. The maximum atomic E-state index is 11.2. The molecule has 4 nitrogen and oxygen atoms in total. The van der Waals surface area contributed by atoms with E-state index < -0.39 is 5.43 Å². The second kappa shape index (κ2) is 5.18. The van der Waals surface area contributed by atoms with Crippen LogP contribution in [0.4, 0.5) is 5.69 Å². The highest BCUT2D eigenvalue weighted by molar-refractivity contribution is 7.98. The number of hydrogen-bond acceptors (Lipinski definition) is 5. The molecule has 0 radical (unpaired) electrons. The molecule has 0 amide bonds. The fourth-order valence-electron chi connectivity index (χ4n) is 1.41. The van der Waals surface area contributed by atoms with Crippen LogP contribution in [0.2, 0.25) is 0 Å². The highest BCUT2D eigenvalue weighted by Crippen LogP contribution is 2.25. The first kappa shape index (κ1) is 12.6. The molecular weight excluding hydrogens is 250 g/mol. The molecule has 0 aliphatic carbocycles. The zero-order valence-electron chi connectivity index (χ0n) is 9.84. The fourth-order valence-corrected chi connectivity index (χ4v) is 2.30. The van der Waals surface area contributed by atoms with Gasteiger partial charge < -0.3 is 15.3 Å². The Labute approximate surface area is 108 Å². The predicted octanol–water partition coefficient (Wildman–Crippen LogP) is 2.53. The van der Waals surface area contributed by atoms with E-state index in [2.05, 4.69) is 0 Å². The van der Waals surface area contributed by atoms with Crippen molar-refractivity contribution in [3.8, 4) is 5.75 Å². The van der Waals surface area contributed by atoms with Crippen LogP contribution in [0.25, 0.3) is 0 Å². The van der Waals surface area contributed by atoms with E-state index in [0.717, 1.165) is 22.4 Å². The molecule has 0 atom stereocenters. The number of aryl methyl sites for hydroxylation is 1. The largest absolute Gasteiger partial charge is 0.502 e. The SMILES string of the molecule is Cc1cc(SCc2cc(=O)c(O)co2)ccc1N. The first-order chi connectivity index (χ1) is 8.56. The molecule has 0 aliphatic rings. The number of nitrogen functional groups attached to an aromatic ring is 1. The van der Waals surface area contributed by atoms with E-state index in [1.807, 2.05) is 25.1 Å². The first-order valence-electron chi connectivity index (χ1n) is 5.36. The van der Waals surface area contributed by atoms with E-state index in [9.17, 15) is 4.79 Å². The Morgan fingerprint density at radius 2 is 2.17 bits per heavy atom. The Morgan fingerprint density at radius 1 is 1.39 bits per heavy atom. The number of thioether (sulfide) groups is 1. The number of benzene rings is 1. The summed E-state index contributed by atoms with van der Waals surface area (Å²) in [4.78, 5) is 12.3. The van der Waals surface area contributed by atoms with E-state index in [4.69, 9.17) is 15.3 Å². The third kappa shape index (κ3) is 2.87. The van der Waals surface area contributed by atoms with E-state index in [-0.39, 0.29) is 5.75 Å². The normalized spacial score (nSPS) is 10.5. The maximum absolute atomic E-state index is 11.2. The van der Waals surface area contributed by atoms with Gasteiger partial charge in [0.05, 0.1) is 5.75 Å². The van der Waals surface area contributed by atoms with E-state index in [1.165, 1.54) is 6.07 Å². The van der Waals surface area contributed by atoms with E-state index in [1.54, 1.807) is 11.8 Å². The van der Waals surface area contributed by atoms with Gasteiger partial charge in [-0.2, -0.15) is 0 Å². The summed E-state index contributed by atoms with van der Waals surface area (Å²) in [5, 5.41) is 9.07. The topological polar surface area (TPSA) is 76.5 Å². The third-order valence-electron chi connectivity index (χ3n) is 2.49. The molecule has 1 heterocycles. The van der Waals surface area contributed by atoms with Gasteiger partial charge >= 0.3 is 0 Å². The summed E-state index contributed by atoms with van der Waals surface area (Å²) in [5.41, 5.74) is 7.09.